The lowest BCUT2D eigenvalue weighted by atomic mass is 10.3. The van der Waals surface area contributed by atoms with Gasteiger partial charge in [0.15, 0.2) is 0 Å². The zero-order valence-electron chi connectivity index (χ0n) is 8.58. The molecule has 5 heteroatoms. The van der Waals surface area contributed by atoms with Gasteiger partial charge < -0.3 is 5.73 Å². The molecule has 0 unspecified atom stereocenters. The molecule has 2 N–H and O–H groups in total. The van der Waals surface area contributed by atoms with Gasteiger partial charge in [0.05, 0.1) is 5.02 Å². The first-order chi connectivity index (χ1) is 8.06. The second-order valence-electron chi connectivity index (χ2n) is 3.37. The molecule has 0 aromatic heterocycles. The van der Waals surface area contributed by atoms with Crippen molar-refractivity contribution in [1.82, 2.24) is 0 Å². The van der Waals surface area contributed by atoms with Crippen molar-refractivity contribution < 1.29 is 0 Å². The quantitative estimate of drug-likeness (QED) is 0.549. The van der Waals surface area contributed by atoms with Crippen LogP contribution in [-0.2, 0) is 0 Å². The van der Waals surface area contributed by atoms with E-state index < -0.39 is 0 Å². The Bertz CT molecular complexity index is 560. The van der Waals surface area contributed by atoms with Gasteiger partial charge in [-0.15, -0.1) is 0 Å². The molecule has 0 amide bonds. The molecule has 0 saturated heterocycles. The lowest BCUT2D eigenvalue weighted by molar-refractivity contribution is 1.37. The summed E-state index contributed by atoms with van der Waals surface area (Å²) in [6.45, 7) is 0. The van der Waals surface area contributed by atoms with Crippen molar-refractivity contribution in [1.29, 1.82) is 0 Å². The first-order valence-corrected chi connectivity index (χ1v) is 7.39. The predicted molar refractivity (Wildman–Crippen MR) is 84.2 cm³/mol. The van der Waals surface area contributed by atoms with E-state index in [0.29, 0.717) is 10.0 Å². The van der Waals surface area contributed by atoms with E-state index >= 15 is 0 Å². The Morgan fingerprint density at radius 1 is 1.00 bits per heavy atom. The minimum Gasteiger partial charge on any atom is -0.399 e. The first kappa shape index (κ1) is 13.3. The molecule has 1 nitrogen and oxygen atoms in total. The van der Waals surface area contributed by atoms with E-state index in [1.807, 2.05) is 24.3 Å². The number of nitrogen functional groups attached to an aromatic ring is 1. The van der Waals surface area contributed by atoms with Gasteiger partial charge in [0.1, 0.15) is 0 Å². The summed E-state index contributed by atoms with van der Waals surface area (Å²) < 4.78 is 1.10. The normalized spacial score (nSPS) is 10.5. The van der Waals surface area contributed by atoms with Crippen LogP contribution in [0, 0.1) is 3.57 Å². The highest BCUT2D eigenvalue weighted by Crippen LogP contribution is 2.37. The molecule has 0 radical (unpaired) electrons. The fourth-order valence-electron chi connectivity index (χ4n) is 1.27. The molecule has 2 rings (SSSR count). The van der Waals surface area contributed by atoms with Gasteiger partial charge >= 0.3 is 0 Å². The fourth-order valence-corrected chi connectivity index (χ4v) is 3.49. The van der Waals surface area contributed by atoms with Crippen LogP contribution in [0.15, 0.2) is 46.2 Å². The van der Waals surface area contributed by atoms with Crippen LogP contribution in [-0.4, -0.2) is 0 Å². The summed E-state index contributed by atoms with van der Waals surface area (Å²) in [7, 11) is 0. The van der Waals surface area contributed by atoms with E-state index in [1.54, 1.807) is 23.9 Å². The van der Waals surface area contributed by atoms with Crippen molar-refractivity contribution in [2.45, 2.75) is 9.79 Å². The minimum absolute atomic E-state index is 0.683. The van der Waals surface area contributed by atoms with Gasteiger partial charge in [-0.2, -0.15) is 0 Å². The van der Waals surface area contributed by atoms with Gasteiger partial charge in [0.2, 0.25) is 0 Å². The van der Waals surface area contributed by atoms with Crippen molar-refractivity contribution in [2.75, 3.05) is 5.73 Å². The monoisotopic (exact) mass is 395 g/mol. The van der Waals surface area contributed by atoms with Crippen LogP contribution in [0.5, 0.6) is 0 Å². The topological polar surface area (TPSA) is 26.0 Å². The summed E-state index contributed by atoms with van der Waals surface area (Å²) in [4.78, 5) is 2.06. The van der Waals surface area contributed by atoms with Crippen LogP contribution in [0.25, 0.3) is 0 Å². The molecule has 2 aromatic rings. The second kappa shape index (κ2) is 5.69. The summed E-state index contributed by atoms with van der Waals surface area (Å²) in [6.07, 6.45) is 0. The standard InChI is InChI=1S/C12H8Cl2INS/c13-7-1-3-9(14)12(5-7)17-11-4-2-8(16)6-10(11)15/h1-6H,16H2. The number of anilines is 1. The van der Waals surface area contributed by atoms with Crippen LogP contribution >= 0.6 is 57.6 Å². The predicted octanol–water partition coefficient (Wildman–Crippen LogP) is 5.33. The maximum atomic E-state index is 6.12. The summed E-state index contributed by atoms with van der Waals surface area (Å²) >= 11 is 15.9. The number of halogens is 3. The third-order valence-electron chi connectivity index (χ3n) is 2.07. The van der Waals surface area contributed by atoms with Gasteiger partial charge in [-0.05, 0) is 59.0 Å². The lowest BCUT2D eigenvalue weighted by Gasteiger charge is -2.07. The van der Waals surface area contributed by atoms with Gasteiger partial charge in [-0.3, -0.25) is 0 Å². The Balaban J connectivity index is 2.34. The smallest absolute Gasteiger partial charge is 0.0546 e. The largest absolute Gasteiger partial charge is 0.399 e. The molecular formula is C12H8Cl2INS. The van der Waals surface area contributed by atoms with Crippen LogP contribution in [0.1, 0.15) is 0 Å². The van der Waals surface area contributed by atoms with Gasteiger partial charge in [-0.25, -0.2) is 0 Å². The van der Waals surface area contributed by atoms with E-state index in [2.05, 4.69) is 22.6 Å². The zero-order chi connectivity index (χ0) is 12.4. The van der Waals surface area contributed by atoms with Crippen molar-refractivity contribution in [3.8, 4) is 0 Å². The number of benzene rings is 2. The summed E-state index contributed by atoms with van der Waals surface area (Å²) in [5, 5.41) is 1.38. The van der Waals surface area contributed by atoms with Crippen LogP contribution in [0.4, 0.5) is 5.69 Å². The maximum Gasteiger partial charge on any atom is 0.0546 e. The molecule has 17 heavy (non-hydrogen) atoms. The number of hydrogen-bond donors (Lipinski definition) is 1. The average Bonchev–Trinajstić information content (AvgIpc) is 2.27. The molecule has 0 aliphatic carbocycles. The van der Waals surface area contributed by atoms with E-state index in [-0.39, 0.29) is 0 Å². The molecule has 2 aromatic carbocycles. The summed E-state index contributed by atoms with van der Waals surface area (Å²) in [6, 6.07) is 11.2. The van der Waals surface area contributed by atoms with Crippen molar-refractivity contribution >= 4 is 63.2 Å². The highest BCUT2D eigenvalue weighted by molar-refractivity contribution is 14.1. The van der Waals surface area contributed by atoms with Gasteiger partial charge in [-0.1, -0.05) is 35.0 Å². The third-order valence-corrected chi connectivity index (χ3v) is 5.14. The molecular weight excluding hydrogens is 388 g/mol. The molecule has 0 heterocycles. The Kier molecular flexibility index (Phi) is 4.47. The molecule has 0 fully saturated rings. The molecule has 88 valence electrons. The van der Waals surface area contributed by atoms with Gasteiger partial charge in [0.25, 0.3) is 0 Å². The highest BCUT2D eigenvalue weighted by atomic mass is 127. The molecule has 0 atom stereocenters. The molecule has 0 saturated carbocycles. The Morgan fingerprint density at radius 2 is 1.76 bits per heavy atom. The van der Waals surface area contributed by atoms with Crippen LogP contribution in [0.3, 0.4) is 0 Å². The maximum absolute atomic E-state index is 6.12. The van der Waals surface area contributed by atoms with Crippen molar-refractivity contribution in [3.05, 3.63) is 50.0 Å². The van der Waals surface area contributed by atoms with Crippen molar-refractivity contribution in [2.24, 2.45) is 0 Å². The molecule has 0 aliphatic heterocycles. The Morgan fingerprint density at radius 3 is 2.47 bits per heavy atom. The Labute approximate surface area is 128 Å². The van der Waals surface area contributed by atoms with E-state index in [9.17, 15) is 0 Å². The first-order valence-electron chi connectivity index (χ1n) is 4.74. The fraction of sp³-hybridized carbons (Fsp3) is 0. The van der Waals surface area contributed by atoms with Crippen molar-refractivity contribution in [3.63, 3.8) is 0 Å². The lowest BCUT2D eigenvalue weighted by Crippen LogP contribution is -1.87. The minimum atomic E-state index is 0.683. The summed E-state index contributed by atoms with van der Waals surface area (Å²) in [5.74, 6) is 0. The average molecular weight is 396 g/mol. The third kappa shape index (κ3) is 3.44. The van der Waals surface area contributed by atoms with Crippen LogP contribution < -0.4 is 5.73 Å². The Hall–Kier alpha value is -0.100. The highest BCUT2D eigenvalue weighted by Gasteiger charge is 2.07. The number of nitrogens with two attached hydrogens (primary N) is 1. The summed E-state index contributed by atoms with van der Waals surface area (Å²) in [5.41, 5.74) is 6.47. The van der Waals surface area contributed by atoms with E-state index in [1.165, 1.54) is 0 Å². The number of rotatable bonds is 2. The second-order valence-corrected chi connectivity index (χ2v) is 6.46. The molecule has 0 aliphatic rings. The zero-order valence-corrected chi connectivity index (χ0v) is 13.1. The van der Waals surface area contributed by atoms with Gasteiger partial charge in [0, 0.05) is 24.1 Å². The number of hydrogen-bond acceptors (Lipinski definition) is 2. The van der Waals surface area contributed by atoms with Crippen LogP contribution in [0.2, 0.25) is 10.0 Å². The van der Waals surface area contributed by atoms with E-state index in [4.69, 9.17) is 28.9 Å². The molecule has 0 bridgehead atoms. The molecule has 0 spiro atoms. The van der Waals surface area contributed by atoms with E-state index in [0.717, 1.165) is 19.0 Å². The SMILES string of the molecule is Nc1ccc(Sc2cc(Cl)ccc2Cl)c(I)c1.